The highest BCUT2D eigenvalue weighted by Gasteiger charge is 2.30. The van der Waals surface area contributed by atoms with Crippen molar-refractivity contribution in [3.63, 3.8) is 0 Å². The predicted molar refractivity (Wildman–Crippen MR) is 98.2 cm³/mol. The van der Waals surface area contributed by atoms with Crippen LogP contribution in [0.25, 0.3) is 0 Å². The third-order valence-corrected chi connectivity index (χ3v) is 4.23. The van der Waals surface area contributed by atoms with Gasteiger partial charge < -0.3 is 14.6 Å². The average molecular weight is 382 g/mol. The van der Waals surface area contributed by atoms with Gasteiger partial charge in [0, 0.05) is 13.0 Å². The quantitative estimate of drug-likeness (QED) is 0.650. The molecule has 0 radical (unpaired) electrons. The van der Waals surface area contributed by atoms with Gasteiger partial charge in [-0.15, -0.1) is 0 Å². The highest BCUT2D eigenvalue weighted by molar-refractivity contribution is 5.35. The molecular formula is C21H25F3O3. The summed E-state index contributed by atoms with van der Waals surface area (Å²) in [4.78, 5) is 0. The Morgan fingerprint density at radius 2 is 1.70 bits per heavy atom. The van der Waals surface area contributed by atoms with Gasteiger partial charge in [-0.2, -0.15) is 13.2 Å². The van der Waals surface area contributed by atoms with Gasteiger partial charge in [-0.3, -0.25) is 0 Å². The van der Waals surface area contributed by atoms with E-state index < -0.39 is 11.7 Å². The van der Waals surface area contributed by atoms with Crippen LogP contribution in [-0.2, 0) is 12.6 Å². The van der Waals surface area contributed by atoms with Crippen molar-refractivity contribution < 1.29 is 27.8 Å². The monoisotopic (exact) mass is 382 g/mol. The lowest BCUT2D eigenvalue weighted by Gasteiger charge is -2.16. The topological polar surface area (TPSA) is 38.7 Å². The van der Waals surface area contributed by atoms with Crippen LogP contribution < -0.4 is 9.47 Å². The maximum atomic E-state index is 12.6. The van der Waals surface area contributed by atoms with Crippen LogP contribution in [0.3, 0.4) is 0 Å². The first-order chi connectivity index (χ1) is 12.8. The molecule has 0 aliphatic rings. The van der Waals surface area contributed by atoms with Crippen LogP contribution in [0.2, 0.25) is 0 Å². The van der Waals surface area contributed by atoms with Crippen LogP contribution in [0.1, 0.15) is 36.5 Å². The minimum absolute atomic E-state index is 0.175. The van der Waals surface area contributed by atoms with E-state index >= 15 is 0 Å². The van der Waals surface area contributed by atoms with Gasteiger partial charge in [-0.1, -0.05) is 6.07 Å². The fourth-order valence-electron chi connectivity index (χ4n) is 2.66. The summed E-state index contributed by atoms with van der Waals surface area (Å²) in [6.07, 6.45) is -2.36. The van der Waals surface area contributed by atoms with E-state index in [-0.39, 0.29) is 12.7 Å². The molecule has 0 saturated carbocycles. The maximum Gasteiger partial charge on any atom is 0.416 e. The number of halogens is 3. The summed E-state index contributed by atoms with van der Waals surface area (Å²) in [6.45, 7) is 4.48. The summed E-state index contributed by atoms with van der Waals surface area (Å²) in [7, 11) is 0. The van der Waals surface area contributed by atoms with Gasteiger partial charge in [0.15, 0.2) is 0 Å². The van der Waals surface area contributed by atoms with Crippen molar-refractivity contribution in [2.45, 2.75) is 45.4 Å². The lowest BCUT2D eigenvalue weighted by molar-refractivity contribution is -0.137. The summed E-state index contributed by atoms with van der Waals surface area (Å²) >= 11 is 0. The Hall–Kier alpha value is -2.21. The van der Waals surface area contributed by atoms with Gasteiger partial charge in [-0.25, -0.2) is 0 Å². The lowest BCUT2D eigenvalue weighted by Crippen LogP contribution is -2.16. The fourth-order valence-corrected chi connectivity index (χ4v) is 2.66. The van der Waals surface area contributed by atoms with E-state index in [2.05, 4.69) is 0 Å². The second kappa shape index (κ2) is 9.65. The molecule has 27 heavy (non-hydrogen) atoms. The van der Waals surface area contributed by atoms with E-state index in [1.165, 1.54) is 17.7 Å². The number of aliphatic hydroxyl groups excluding tert-OH is 1. The first-order valence-electron chi connectivity index (χ1n) is 8.96. The van der Waals surface area contributed by atoms with Crippen LogP contribution >= 0.6 is 0 Å². The Labute approximate surface area is 157 Å². The molecule has 0 spiro atoms. The smallest absolute Gasteiger partial charge is 0.416 e. The first-order valence-corrected chi connectivity index (χ1v) is 8.96. The van der Waals surface area contributed by atoms with Gasteiger partial charge in [0.2, 0.25) is 0 Å². The standard InChI is InChI=1S/C21H25F3O3/c1-15-14-20(8-5-17(15)4-3-12-25)26-13-11-16(2)27-19-9-6-18(7-10-19)21(22,23)24/h5-10,14,16,25H,3-4,11-13H2,1-2H3. The van der Waals surface area contributed by atoms with E-state index in [0.29, 0.717) is 18.8 Å². The zero-order chi connectivity index (χ0) is 19.9. The largest absolute Gasteiger partial charge is 0.493 e. The van der Waals surface area contributed by atoms with Gasteiger partial charge in [-0.05, 0) is 74.2 Å². The number of hydrogen-bond donors (Lipinski definition) is 1. The van der Waals surface area contributed by atoms with Crippen molar-refractivity contribution in [2.75, 3.05) is 13.2 Å². The molecule has 0 bridgehead atoms. The van der Waals surface area contributed by atoms with E-state index in [4.69, 9.17) is 14.6 Å². The molecule has 148 valence electrons. The van der Waals surface area contributed by atoms with Gasteiger partial charge in [0.25, 0.3) is 0 Å². The zero-order valence-corrected chi connectivity index (χ0v) is 15.6. The summed E-state index contributed by atoms with van der Waals surface area (Å²) < 4.78 is 49.0. The van der Waals surface area contributed by atoms with Crippen molar-refractivity contribution in [1.29, 1.82) is 0 Å². The highest BCUT2D eigenvalue weighted by Crippen LogP contribution is 2.30. The van der Waals surface area contributed by atoms with Crippen molar-refractivity contribution in [3.05, 3.63) is 59.2 Å². The molecule has 0 heterocycles. The lowest BCUT2D eigenvalue weighted by atomic mass is 10.0. The number of ether oxygens (including phenoxy) is 2. The second-order valence-corrected chi connectivity index (χ2v) is 6.50. The molecule has 0 aliphatic carbocycles. The van der Waals surface area contributed by atoms with E-state index in [1.807, 2.05) is 32.0 Å². The SMILES string of the molecule is Cc1cc(OCCC(C)Oc2ccc(C(F)(F)F)cc2)ccc1CCCO. The highest BCUT2D eigenvalue weighted by atomic mass is 19.4. The molecule has 0 aliphatic heterocycles. The summed E-state index contributed by atoms with van der Waals surface area (Å²) in [5.41, 5.74) is 1.62. The molecule has 1 N–H and O–H groups in total. The van der Waals surface area contributed by atoms with Gasteiger partial charge >= 0.3 is 6.18 Å². The Balaban J connectivity index is 1.79. The maximum absolute atomic E-state index is 12.6. The van der Waals surface area contributed by atoms with Crippen LogP contribution in [-0.4, -0.2) is 24.4 Å². The molecule has 0 saturated heterocycles. The summed E-state index contributed by atoms with van der Waals surface area (Å²) in [5.74, 6) is 1.17. The summed E-state index contributed by atoms with van der Waals surface area (Å²) in [5, 5.41) is 8.91. The Bertz CT molecular complexity index is 712. The number of aliphatic hydroxyl groups is 1. The predicted octanol–water partition coefficient (Wildman–Crippen LogP) is 5.18. The minimum atomic E-state index is -4.34. The number of hydrogen-bond acceptors (Lipinski definition) is 3. The Morgan fingerprint density at radius 1 is 1.04 bits per heavy atom. The fraction of sp³-hybridized carbons (Fsp3) is 0.429. The van der Waals surface area contributed by atoms with Crippen molar-refractivity contribution in [3.8, 4) is 11.5 Å². The van der Waals surface area contributed by atoms with Crippen molar-refractivity contribution in [1.82, 2.24) is 0 Å². The number of alkyl halides is 3. The molecule has 0 amide bonds. The third kappa shape index (κ3) is 6.79. The molecule has 1 unspecified atom stereocenters. The molecule has 1 atom stereocenters. The third-order valence-electron chi connectivity index (χ3n) is 4.23. The molecule has 0 fully saturated rings. The normalized spacial score (nSPS) is 12.7. The number of rotatable bonds is 9. The van der Waals surface area contributed by atoms with Gasteiger partial charge in [0.05, 0.1) is 18.3 Å². The van der Waals surface area contributed by atoms with E-state index in [9.17, 15) is 13.2 Å². The molecule has 3 nitrogen and oxygen atoms in total. The molecule has 0 aromatic heterocycles. The van der Waals surface area contributed by atoms with Crippen LogP contribution in [0, 0.1) is 6.92 Å². The van der Waals surface area contributed by atoms with E-state index in [1.54, 1.807) is 0 Å². The van der Waals surface area contributed by atoms with Crippen LogP contribution in [0.4, 0.5) is 13.2 Å². The van der Waals surface area contributed by atoms with Crippen LogP contribution in [0.5, 0.6) is 11.5 Å². The summed E-state index contributed by atoms with van der Waals surface area (Å²) in [6, 6.07) is 10.6. The molecule has 6 heteroatoms. The Morgan fingerprint density at radius 3 is 2.30 bits per heavy atom. The Kier molecular flexibility index (Phi) is 7.54. The number of benzene rings is 2. The number of aryl methyl sites for hydroxylation is 2. The molecule has 2 rings (SSSR count). The average Bonchev–Trinajstić information content (AvgIpc) is 2.61. The molecule has 2 aromatic carbocycles. The van der Waals surface area contributed by atoms with E-state index in [0.717, 1.165) is 36.3 Å². The zero-order valence-electron chi connectivity index (χ0n) is 15.6. The minimum Gasteiger partial charge on any atom is -0.493 e. The van der Waals surface area contributed by atoms with Crippen LogP contribution in [0.15, 0.2) is 42.5 Å². The first kappa shape index (κ1) is 21.1. The van der Waals surface area contributed by atoms with Crippen molar-refractivity contribution >= 4 is 0 Å². The van der Waals surface area contributed by atoms with Crippen molar-refractivity contribution in [2.24, 2.45) is 0 Å². The van der Waals surface area contributed by atoms with Gasteiger partial charge in [0.1, 0.15) is 11.5 Å². The molecular weight excluding hydrogens is 357 g/mol. The molecule has 2 aromatic rings. The second-order valence-electron chi connectivity index (χ2n) is 6.50.